The zero-order valence-electron chi connectivity index (χ0n) is 18.4. The number of likely N-dealkylation sites (tertiary alicyclic amines) is 1. The van der Waals surface area contributed by atoms with E-state index in [1.165, 1.54) is 0 Å². The minimum Gasteiger partial charge on any atom is -0.484 e. The number of nitrogens with one attached hydrogen (secondary N) is 1. The van der Waals surface area contributed by atoms with Crippen LogP contribution in [0.4, 0.5) is 5.69 Å². The summed E-state index contributed by atoms with van der Waals surface area (Å²) in [7, 11) is 0. The van der Waals surface area contributed by atoms with Crippen LogP contribution in [0.2, 0.25) is 0 Å². The van der Waals surface area contributed by atoms with Crippen molar-refractivity contribution in [2.24, 2.45) is 5.92 Å². The molecule has 2 aliphatic heterocycles. The van der Waals surface area contributed by atoms with Gasteiger partial charge in [0.15, 0.2) is 6.61 Å². The van der Waals surface area contributed by atoms with Crippen molar-refractivity contribution >= 4 is 23.4 Å². The molecule has 0 bridgehead atoms. The van der Waals surface area contributed by atoms with Gasteiger partial charge in [-0.1, -0.05) is 24.3 Å². The van der Waals surface area contributed by atoms with Gasteiger partial charge in [0.05, 0.1) is 5.92 Å². The lowest BCUT2D eigenvalue weighted by atomic mass is 10.1. The maximum absolute atomic E-state index is 12.6. The topological polar surface area (TPSA) is 79.0 Å². The van der Waals surface area contributed by atoms with Crippen LogP contribution in [0.1, 0.15) is 30.4 Å². The molecular weight excluding hydrogens is 406 g/mol. The number of anilines is 1. The number of nitrogens with zero attached hydrogens (tertiary/aromatic N) is 2. The highest BCUT2D eigenvalue weighted by Gasteiger charge is 2.35. The third kappa shape index (κ3) is 5.10. The maximum Gasteiger partial charge on any atom is 0.260 e. The van der Waals surface area contributed by atoms with Crippen molar-refractivity contribution in [2.75, 3.05) is 31.1 Å². The van der Waals surface area contributed by atoms with Crippen molar-refractivity contribution in [3.63, 3.8) is 0 Å². The fourth-order valence-electron chi connectivity index (χ4n) is 4.19. The van der Waals surface area contributed by atoms with E-state index in [2.05, 4.69) is 5.32 Å². The van der Waals surface area contributed by atoms with Crippen molar-refractivity contribution < 1.29 is 19.1 Å². The molecule has 0 aromatic heterocycles. The largest absolute Gasteiger partial charge is 0.484 e. The second-order valence-electron chi connectivity index (χ2n) is 8.42. The lowest BCUT2D eigenvalue weighted by Gasteiger charge is -2.18. The predicted molar refractivity (Wildman–Crippen MR) is 121 cm³/mol. The van der Waals surface area contributed by atoms with E-state index >= 15 is 0 Å². The molecular formula is C25H29N3O4. The number of aryl methyl sites for hydroxylation is 1. The SMILES string of the molecule is Cc1ccccc1CNC(=O)[C@@H]1CC(=O)N(c2ccc(OCC(=O)N3CCCC3)cc2)C1. The Morgan fingerprint density at radius 3 is 2.50 bits per heavy atom. The molecule has 7 heteroatoms. The highest BCUT2D eigenvalue weighted by Crippen LogP contribution is 2.27. The van der Waals surface area contributed by atoms with E-state index in [-0.39, 0.29) is 36.7 Å². The molecule has 0 unspecified atom stereocenters. The van der Waals surface area contributed by atoms with Gasteiger partial charge in [0.1, 0.15) is 5.75 Å². The van der Waals surface area contributed by atoms with Gasteiger partial charge < -0.3 is 19.9 Å². The van der Waals surface area contributed by atoms with Gasteiger partial charge in [0.2, 0.25) is 11.8 Å². The standard InChI is InChI=1S/C25H29N3O4/c1-18-6-2-3-7-19(18)15-26-25(31)20-14-23(29)28(16-20)21-8-10-22(11-9-21)32-17-24(30)27-12-4-5-13-27/h2-3,6-11,20H,4-5,12-17H2,1H3,(H,26,31)/t20-/m1/s1. The molecule has 1 N–H and O–H groups in total. The fraction of sp³-hybridized carbons (Fsp3) is 0.400. The van der Waals surface area contributed by atoms with Crippen molar-refractivity contribution in [3.8, 4) is 5.75 Å². The van der Waals surface area contributed by atoms with Gasteiger partial charge in [0.25, 0.3) is 5.91 Å². The van der Waals surface area contributed by atoms with Gasteiger partial charge in [0, 0.05) is 38.3 Å². The van der Waals surface area contributed by atoms with Gasteiger partial charge >= 0.3 is 0 Å². The van der Waals surface area contributed by atoms with Crippen LogP contribution in [-0.4, -0.2) is 48.9 Å². The highest BCUT2D eigenvalue weighted by atomic mass is 16.5. The van der Waals surface area contributed by atoms with Crippen LogP contribution in [-0.2, 0) is 20.9 Å². The molecule has 2 aromatic rings. The summed E-state index contributed by atoms with van der Waals surface area (Å²) < 4.78 is 5.61. The number of carbonyl (C=O) groups excluding carboxylic acids is 3. The van der Waals surface area contributed by atoms with E-state index in [9.17, 15) is 14.4 Å². The quantitative estimate of drug-likeness (QED) is 0.725. The van der Waals surface area contributed by atoms with E-state index in [4.69, 9.17) is 4.74 Å². The number of amides is 3. The summed E-state index contributed by atoms with van der Waals surface area (Å²) >= 11 is 0. The van der Waals surface area contributed by atoms with Crippen molar-refractivity contribution in [1.82, 2.24) is 10.2 Å². The molecule has 168 valence electrons. The first-order valence-corrected chi connectivity index (χ1v) is 11.1. The van der Waals surface area contributed by atoms with Gasteiger partial charge in [-0.25, -0.2) is 0 Å². The molecule has 2 fully saturated rings. The lowest BCUT2D eigenvalue weighted by Crippen LogP contribution is -2.32. The molecule has 32 heavy (non-hydrogen) atoms. The molecule has 0 aliphatic carbocycles. The van der Waals surface area contributed by atoms with Gasteiger partial charge in [-0.05, 0) is 55.2 Å². The molecule has 0 radical (unpaired) electrons. The molecule has 0 saturated carbocycles. The highest BCUT2D eigenvalue weighted by molar-refractivity contribution is 6.00. The third-order valence-corrected chi connectivity index (χ3v) is 6.18. The number of hydrogen-bond acceptors (Lipinski definition) is 4. The number of rotatable bonds is 7. The Kier molecular flexibility index (Phi) is 6.73. The van der Waals surface area contributed by atoms with Crippen molar-refractivity contribution in [1.29, 1.82) is 0 Å². The minimum absolute atomic E-state index is 0.000785. The van der Waals surface area contributed by atoms with Gasteiger partial charge in [-0.2, -0.15) is 0 Å². The molecule has 7 nitrogen and oxygen atoms in total. The van der Waals surface area contributed by atoms with E-state index < -0.39 is 0 Å². The maximum atomic E-state index is 12.6. The van der Waals surface area contributed by atoms with E-state index in [1.54, 1.807) is 29.2 Å². The summed E-state index contributed by atoms with van der Waals surface area (Å²) in [5, 5.41) is 2.96. The molecule has 1 atom stereocenters. The van der Waals surface area contributed by atoms with Crippen molar-refractivity contribution in [3.05, 3.63) is 59.7 Å². The molecule has 2 aliphatic rings. The van der Waals surface area contributed by atoms with Crippen LogP contribution >= 0.6 is 0 Å². The first kappa shape index (κ1) is 21.9. The Balaban J connectivity index is 1.29. The Hall–Kier alpha value is -3.35. The summed E-state index contributed by atoms with van der Waals surface area (Å²) in [6.45, 7) is 4.45. The summed E-state index contributed by atoms with van der Waals surface area (Å²) in [5.41, 5.74) is 2.92. The molecule has 2 heterocycles. The van der Waals surface area contributed by atoms with Crippen LogP contribution in [0.25, 0.3) is 0 Å². The summed E-state index contributed by atoms with van der Waals surface area (Å²) in [4.78, 5) is 40.7. The molecule has 0 spiro atoms. The summed E-state index contributed by atoms with van der Waals surface area (Å²) in [6.07, 6.45) is 2.30. The zero-order chi connectivity index (χ0) is 22.5. The Bertz CT molecular complexity index is 983. The van der Waals surface area contributed by atoms with E-state index in [0.29, 0.717) is 18.8 Å². The second-order valence-corrected chi connectivity index (χ2v) is 8.42. The Labute approximate surface area is 188 Å². The normalized spacial score (nSPS) is 18.2. The second kappa shape index (κ2) is 9.85. The number of ether oxygens (including phenoxy) is 1. The lowest BCUT2D eigenvalue weighted by molar-refractivity contribution is -0.132. The van der Waals surface area contributed by atoms with E-state index in [1.807, 2.05) is 36.1 Å². The van der Waals surface area contributed by atoms with Crippen LogP contribution < -0.4 is 15.0 Å². The Morgan fingerprint density at radius 2 is 1.78 bits per heavy atom. The third-order valence-electron chi connectivity index (χ3n) is 6.18. The van der Waals surface area contributed by atoms with Crippen molar-refractivity contribution in [2.45, 2.75) is 32.7 Å². The first-order valence-electron chi connectivity index (χ1n) is 11.1. The smallest absolute Gasteiger partial charge is 0.260 e. The molecule has 3 amide bonds. The molecule has 2 saturated heterocycles. The first-order chi connectivity index (χ1) is 15.5. The Morgan fingerprint density at radius 1 is 1.06 bits per heavy atom. The fourth-order valence-corrected chi connectivity index (χ4v) is 4.19. The predicted octanol–water partition coefficient (Wildman–Crippen LogP) is 2.67. The molecule has 2 aromatic carbocycles. The number of benzene rings is 2. The summed E-state index contributed by atoms with van der Waals surface area (Å²) in [6, 6.07) is 15.0. The number of carbonyl (C=O) groups is 3. The van der Waals surface area contributed by atoms with E-state index in [0.717, 1.165) is 42.7 Å². The number of hydrogen-bond donors (Lipinski definition) is 1. The average Bonchev–Trinajstić information content (AvgIpc) is 3.47. The molecule has 4 rings (SSSR count). The average molecular weight is 436 g/mol. The summed E-state index contributed by atoms with van der Waals surface area (Å²) in [5.74, 6) is 0.0326. The monoisotopic (exact) mass is 435 g/mol. The van der Waals surface area contributed by atoms with Crippen LogP contribution in [0.5, 0.6) is 5.75 Å². The van der Waals surface area contributed by atoms with Crippen LogP contribution in [0.3, 0.4) is 0 Å². The van der Waals surface area contributed by atoms with Crippen LogP contribution in [0.15, 0.2) is 48.5 Å². The van der Waals surface area contributed by atoms with Gasteiger partial charge in [-0.15, -0.1) is 0 Å². The van der Waals surface area contributed by atoms with Crippen LogP contribution in [0, 0.1) is 12.8 Å². The van der Waals surface area contributed by atoms with Gasteiger partial charge in [-0.3, -0.25) is 14.4 Å². The zero-order valence-corrected chi connectivity index (χ0v) is 18.4. The minimum atomic E-state index is -0.375.